The molecule has 2 aliphatic carbocycles. The normalized spacial score (nSPS) is 29.2. The van der Waals surface area contributed by atoms with E-state index in [1.54, 1.807) is 12.1 Å². The molecule has 1 heterocycles. The fourth-order valence-electron chi connectivity index (χ4n) is 3.99. The smallest absolute Gasteiger partial charge is 0.206 e. The van der Waals surface area contributed by atoms with Crippen LogP contribution in [0.25, 0.3) is 0 Å². The number of sulfonamides is 1. The quantitative estimate of drug-likeness (QED) is 0.711. The molecule has 3 unspecified atom stereocenters. The van der Waals surface area contributed by atoms with Crippen LogP contribution in [0.3, 0.4) is 0 Å². The lowest BCUT2D eigenvalue weighted by Gasteiger charge is -2.31. The molecule has 2 bridgehead atoms. The van der Waals surface area contributed by atoms with E-state index < -0.39 is 10.0 Å². The summed E-state index contributed by atoms with van der Waals surface area (Å²) in [7, 11) is -3.55. The summed E-state index contributed by atoms with van der Waals surface area (Å²) < 4.78 is 29.1. The predicted molar refractivity (Wildman–Crippen MR) is 102 cm³/mol. The van der Waals surface area contributed by atoms with Crippen molar-refractivity contribution in [2.24, 2.45) is 5.92 Å². The third-order valence-electron chi connectivity index (χ3n) is 5.14. The van der Waals surface area contributed by atoms with Gasteiger partial charge in [-0.15, -0.1) is 11.3 Å². The van der Waals surface area contributed by atoms with Gasteiger partial charge in [0.15, 0.2) is 0 Å². The van der Waals surface area contributed by atoms with E-state index >= 15 is 0 Å². The van der Waals surface area contributed by atoms with Crippen LogP contribution in [0.15, 0.2) is 40.6 Å². The highest BCUT2D eigenvalue weighted by molar-refractivity contribution is 9.10. The molecule has 128 valence electrons. The van der Waals surface area contributed by atoms with Crippen LogP contribution < -0.4 is 4.72 Å². The molecule has 1 aromatic heterocycles. The molecule has 0 spiro atoms. The van der Waals surface area contributed by atoms with Crippen LogP contribution in [0.4, 0.5) is 0 Å². The minimum Gasteiger partial charge on any atom is -0.206 e. The zero-order valence-electron chi connectivity index (χ0n) is 12.8. The molecule has 24 heavy (non-hydrogen) atoms. The van der Waals surface area contributed by atoms with Gasteiger partial charge in [-0.05, 0) is 54.9 Å². The van der Waals surface area contributed by atoms with Crippen molar-refractivity contribution in [3.8, 4) is 0 Å². The molecule has 7 heteroatoms. The van der Waals surface area contributed by atoms with Crippen LogP contribution >= 0.6 is 38.9 Å². The van der Waals surface area contributed by atoms with Crippen molar-refractivity contribution in [2.75, 3.05) is 0 Å². The molecule has 0 aliphatic heterocycles. The van der Waals surface area contributed by atoms with Gasteiger partial charge in [-0.1, -0.05) is 51.8 Å². The molecule has 1 saturated carbocycles. The molecule has 1 fully saturated rings. The van der Waals surface area contributed by atoms with Gasteiger partial charge in [0.25, 0.3) is 0 Å². The van der Waals surface area contributed by atoms with E-state index in [0.29, 0.717) is 10.3 Å². The van der Waals surface area contributed by atoms with E-state index in [4.69, 9.17) is 11.6 Å². The van der Waals surface area contributed by atoms with Gasteiger partial charge in [0.1, 0.15) is 4.21 Å². The Balaban J connectivity index is 1.67. The topological polar surface area (TPSA) is 46.2 Å². The highest BCUT2D eigenvalue weighted by Gasteiger charge is 2.50. The number of benzene rings is 1. The van der Waals surface area contributed by atoms with Crippen LogP contribution in [-0.4, -0.2) is 18.8 Å². The maximum Gasteiger partial charge on any atom is 0.250 e. The molecule has 0 saturated heterocycles. The molecule has 0 amide bonds. The first-order valence-electron chi connectivity index (χ1n) is 7.91. The Morgan fingerprint density at radius 1 is 1.21 bits per heavy atom. The zero-order valence-corrected chi connectivity index (χ0v) is 16.8. The van der Waals surface area contributed by atoms with Gasteiger partial charge in [-0.3, -0.25) is 0 Å². The summed E-state index contributed by atoms with van der Waals surface area (Å²) in [5.74, 6) is 0.304. The van der Waals surface area contributed by atoms with Crippen LogP contribution in [0.1, 0.15) is 24.0 Å². The summed E-state index contributed by atoms with van der Waals surface area (Å²) in [5.41, 5.74) is 2.66. The van der Waals surface area contributed by atoms with Gasteiger partial charge < -0.3 is 0 Å². The van der Waals surface area contributed by atoms with Crippen molar-refractivity contribution in [1.82, 2.24) is 4.72 Å². The summed E-state index contributed by atoms with van der Waals surface area (Å²) in [4.78, 5) is 0. The Morgan fingerprint density at radius 2 is 1.96 bits per heavy atom. The number of rotatable bonds is 3. The van der Waals surface area contributed by atoms with Gasteiger partial charge in [0, 0.05) is 10.4 Å². The highest BCUT2D eigenvalue weighted by Crippen LogP contribution is 2.48. The highest BCUT2D eigenvalue weighted by atomic mass is 79.9. The van der Waals surface area contributed by atoms with Crippen molar-refractivity contribution in [1.29, 1.82) is 0 Å². The fourth-order valence-corrected chi connectivity index (χ4v) is 8.04. The Kier molecular flexibility index (Phi) is 4.32. The number of hydrogen-bond donors (Lipinski definition) is 1. The number of halogens is 2. The van der Waals surface area contributed by atoms with Crippen LogP contribution in [0, 0.1) is 5.92 Å². The number of fused-ring (bicyclic) bond motifs is 3. The Morgan fingerprint density at radius 3 is 2.67 bits per heavy atom. The van der Waals surface area contributed by atoms with Gasteiger partial charge >= 0.3 is 0 Å². The van der Waals surface area contributed by atoms with Crippen LogP contribution in [0.5, 0.6) is 0 Å². The summed E-state index contributed by atoms with van der Waals surface area (Å²) >= 11 is 10.9. The maximum absolute atomic E-state index is 12.8. The van der Waals surface area contributed by atoms with E-state index in [2.05, 4.69) is 44.9 Å². The van der Waals surface area contributed by atoms with Crippen molar-refractivity contribution in [3.63, 3.8) is 0 Å². The average molecular weight is 447 g/mol. The Bertz CT molecular complexity index is 882. The van der Waals surface area contributed by atoms with E-state index in [1.807, 2.05) is 0 Å². The molecule has 3 nitrogen and oxygen atoms in total. The third-order valence-corrected chi connectivity index (χ3v) is 9.47. The summed E-state index contributed by atoms with van der Waals surface area (Å²) in [6.07, 6.45) is 3.77. The first kappa shape index (κ1) is 17.0. The number of hydrogen-bond acceptors (Lipinski definition) is 3. The maximum atomic E-state index is 12.8. The van der Waals surface area contributed by atoms with Crippen molar-refractivity contribution in [2.45, 2.75) is 40.3 Å². The summed E-state index contributed by atoms with van der Waals surface area (Å²) in [6, 6.07) is 11.5. The standard InChI is InChI=1S/C17H17BrClNO2S2/c18-17-8-7-12(9-11-3-1-2-4-13(11)10-17)16(17)20-24(21,22)15-6-5-14(19)23-15/h1-6,12,16,20H,7-10H2. The van der Waals surface area contributed by atoms with Gasteiger partial charge in [-0.25, -0.2) is 13.1 Å². The van der Waals surface area contributed by atoms with Crippen LogP contribution in [-0.2, 0) is 22.9 Å². The van der Waals surface area contributed by atoms with Gasteiger partial charge in [0.05, 0.1) is 4.34 Å². The number of nitrogens with one attached hydrogen (secondary N) is 1. The zero-order chi connectivity index (χ0) is 16.9. The molecule has 3 atom stereocenters. The Hall–Kier alpha value is -0.400. The van der Waals surface area contributed by atoms with E-state index in [0.717, 1.165) is 37.0 Å². The lowest BCUT2D eigenvalue weighted by Crippen LogP contribution is -2.49. The van der Waals surface area contributed by atoms with E-state index in [1.165, 1.54) is 11.1 Å². The lowest BCUT2D eigenvalue weighted by molar-refractivity contribution is 0.415. The second-order valence-electron chi connectivity index (χ2n) is 6.64. The fraction of sp³-hybridized carbons (Fsp3) is 0.412. The van der Waals surface area contributed by atoms with Crippen molar-refractivity contribution < 1.29 is 8.42 Å². The first-order valence-corrected chi connectivity index (χ1v) is 11.4. The molecule has 4 rings (SSSR count). The minimum absolute atomic E-state index is 0.115. The van der Waals surface area contributed by atoms with Gasteiger partial charge in [0.2, 0.25) is 10.0 Å². The predicted octanol–water partition coefficient (Wildman–Crippen LogP) is 4.39. The molecular formula is C17H17BrClNO2S2. The van der Waals surface area contributed by atoms with E-state index in [9.17, 15) is 8.42 Å². The number of thiophene rings is 1. The molecule has 1 aromatic carbocycles. The SMILES string of the molecule is O=S(=O)(NC1C2CCC1(Br)Cc1ccccc1C2)c1ccc(Cl)s1. The van der Waals surface area contributed by atoms with Crippen molar-refractivity contribution in [3.05, 3.63) is 51.9 Å². The van der Waals surface area contributed by atoms with Gasteiger partial charge in [-0.2, -0.15) is 0 Å². The van der Waals surface area contributed by atoms with Crippen LogP contribution in [0.2, 0.25) is 4.34 Å². The third kappa shape index (κ3) is 2.97. The summed E-state index contributed by atoms with van der Waals surface area (Å²) in [6.45, 7) is 0. The first-order chi connectivity index (χ1) is 11.4. The molecule has 1 N–H and O–H groups in total. The Labute approximate surface area is 159 Å². The minimum atomic E-state index is -3.55. The average Bonchev–Trinajstić information content (AvgIpc) is 3.04. The molecule has 0 radical (unpaired) electrons. The largest absolute Gasteiger partial charge is 0.250 e. The van der Waals surface area contributed by atoms with E-state index in [-0.39, 0.29) is 14.6 Å². The molecule has 2 aliphatic rings. The second-order valence-corrected chi connectivity index (χ2v) is 11.9. The lowest BCUT2D eigenvalue weighted by atomic mass is 9.93. The summed E-state index contributed by atoms with van der Waals surface area (Å²) in [5, 5.41) is 0. The monoisotopic (exact) mass is 445 g/mol. The van der Waals surface area contributed by atoms with Crippen molar-refractivity contribution >= 4 is 48.9 Å². The number of alkyl halides is 1. The molecule has 2 aromatic rings. The second kappa shape index (κ2) is 6.09. The molecular weight excluding hydrogens is 430 g/mol.